The van der Waals surface area contributed by atoms with Gasteiger partial charge in [0.1, 0.15) is 12.1 Å². The van der Waals surface area contributed by atoms with E-state index in [0.29, 0.717) is 23.8 Å². The molecule has 0 bridgehead atoms. The molecule has 4 rings (SSSR count). The lowest BCUT2D eigenvalue weighted by atomic mass is 9.78. The second kappa shape index (κ2) is 7.94. The van der Waals surface area contributed by atoms with Crippen molar-refractivity contribution in [2.45, 2.75) is 42.8 Å². The molecule has 1 saturated carbocycles. The van der Waals surface area contributed by atoms with E-state index in [1.165, 1.54) is 16.7 Å². The fourth-order valence-corrected chi connectivity index (χ4v) is 4.84. The highest BCUT2D eigenvalue weighted by molar-refractivity contribution is 7.99. The van der Waals surface area contributed by atoms with Crippen LogP contribution >= 0.6 is 11.8 Å². The highest BCUT2D eigenvalue weighted by atomic mass is 32.2. The van der Waals surface area contributed by atoms with Crippen LogP contribution in [0.15, 0.2) is 29.7 Å². The van der Waals surface area contributed by atoms with E-state index in [2.05, 4.69) is 20.5 Å². The number of rotatable bonds is 4. The Morgan fingerprint density at radius 3 is 2.62 bits per heavy atom. The van der Waals surface area contributed by atoms with Crippen molar-refractivity contribution in [3.63, 3.8) is 0 Å². The molecule has 1 saturated heterocycles. The minimum Gasteiger partial charge on any atom is -0.318 e. The van der Waals surface area contributed by atoms with Gasteiger partial charge in [-0.2, -0.15) is 0 Å². The summed E-state index contributed by atoms with van der Waals surface area (Å²) in [7, 11) is 1.84. The lowest BCUT2D eigenvalue weighted by molar-refractivity contribution is -0.158. The first-order valence-corrected chi connectivity index (χ1v) is 10.6. The number of carbonyl (C=O) groups excluding carboxylic acids is 3. The number of nitrogens with one attached hydrogen (secondary N) is 1. The maximum Gasteiger partial charge on any atom is 0.252 e. The lowest BCUT2D eigenvalue weighted by Gasteiger charge is -2.47. The minimum absolute atomic E-state index is 0.0772. The maximum atomic E-state index is 13.0. The number of amides is 3. The van der Waals surface area contributed by atoms with Crippen LogP contribution in [0.5, 0.6) is 0 Å². The molecule has 1 aliphatic heterocycles. The highest BCUT2D eigenvalue weighted by Gasteiger charge is 2.50. The van der Waals surface area contributed by atoms with Crippen LogP contribution in [-0.4, -0.2) is 60.2 Å². The van der Waals surface area contributed by atoms with Crippen molar-refractivity contribution in [2.75, 3.05) is 12.3 Å². The summed E-state index contributed by atoms with van der Waals surface area (Å²) in [6.07, 6.45) is 7.34. The molecule has 0 aromatic carbocycles. The van der Waals surface area contributed by atoms with Crippen molar-refractivity contribution in [3.05, 3.63) is 24.5 Å². The van der Waals surface area contributed by atoms with Gasteiger partial charge in [0.15, 0.2) is 11.0 Å². The zero-order valence-electron chi connectivity index (χ0n) is 16.1. The van der Waals surface area contributed by atoms with Gasteiger partial charge in [-0.3, -0.25) is 24.7 Å². The average Bonchev–Trinajstić information content (AvgIpc) is 3.11. The number of nitrogens with zero attached hydrogens (tertiary/aromatic N) is 5. The molecular weight excluding hydrogens is 392 g/mol. The van der Waals surface area contributed by atoms with E-state index in [0.717, 1.165) is 24.8 Å². The zero-order chi connectivity index (χ0) is 20.4. The highest BCUT2D eigenvalue weighted by Crippen LogP contribution is 2.36. The fraction of sp³-hybridized carbons (Fsp3) is 0.474. The summed E-state index contributed by atoms with van der Waals surface area (Å²) in [4.78, 5) is 43.1. The third-order valence-corrected chi connectivity index (χ3v) is 6.58. The summed E-state index contributed by atoms with van der Waals surface area (Å²) in [6.45, 7) is -0.0772. The number of piperazine rings is 1. The summed E-state index contributed by atoms with van der Waals surface area (Å²) in [5.74, 6) is -0.231. The van der Waals surface area contributed by atoms with Crippen LogP contribution in [0.2, 0.25) is 0 Å². The number of thioether (sulfide) groups is 1. The summed E-state index contributed by atoms with van der Waals surface area (Å²) in [5, 5.41) is 11.4. The molecular formula is C19H22N6O3S. The third-order valence-electron chi connectivity index (χ3n) is 5.57. The SMILES string of the molecule is Cn1c(SCC(=O)N2CC(=O)NC(=O)C23CCCCC3)nnc1-c1ccncc1. The predicted octanol–water partition coefficient (Wildman–Crippen LogP) is 1.16. The topological polar surface area (TPSA) is 110 Å². The molecule has 0 radical (unpaired) electrons. The normalized spacial score (nSPS) is 18.7. The van der Waals surface area contributed by atoms with Crippen LogP contribution in [-0.2, 0) is 21.4 Å². The molecule has 2 fully saturated rings. The zero-order valence-corrected chi connectivity index (χ0v) is 16.9. The average molecular weight is 414 g/mol. The van der Waals surface area contributed by atoms with Gasteiger partial charge in [0.05, 0.1) is 5.75 Å². The molecule has 2 aromatic heterocycles. The van der Waals surface area contributed by atoms with Crippen molar-refractivity contribution >= 4 is 29.5 Å². The second-order valence-corrected chi connectivity index (χ2v) is 8.28. The second-order valence-electron chi connectivity index (χ2n) is 7.34. The van der Waals surface area contributed by atoms with Crippen molar-refractivity contribution < 1.29 is 14.4 Å². The summed E-state index contributed by atoms with van der Waals surface area (Å²) in [6, 6.07) is 3.68. The molecule has 1 spiro atoms. The quantitative estimate of drug-likeness (QED) is 0.590. The maximum absolute atomic E-state index is 13.0. The van der Waals surface area contributed by atoms with Crippen LogP contribution < -0.4 is 5.32 Å². The molecule has 0 unspecified atom stereocenters. The molecule has 0 atom stereocenters. The first-order valence-electron chi connectivity index (χ1n) is 9.58. The summed E-state index contributed by atoms with van der Waals surface area (Å²) >= 11 is 1.25. The molecule has 152 valence electrons. The Bertz CT molecular complexity index is 939. The third kappa shape index (κ3) is 3.64. The van der Waals surface area contributed by atoms with E-state index in [-0.39, 0.29) is 24.1 Å². The van der Waals surface area contributed by atoms with Gasteiger partial charge in [-0.15, -0.1) is 10.2 Å². The summed E-state index contributed by atoms with van der Waals surface area (Å²) < 4.78 is 1.82. The van der Waals surface area contributed by atoms with Gasteiger partial charge in [0.25, 0.3) is 5.91 Å². The van der Waals surface area contributed by atoms with Gasteiger partial charge in [-0.25, -0.2) is 0 Å². The van der Waals surface area contributed by atoms with E-state index in [1.54, 1.807) is 12.4 Å². The standard InChI is InChI=1S/C19H22N6O3S/c1-24-16(13-5-9-20-10-6-13)22-23-18(24)29-12-15(27)25-11-14(26)21-17(28)19(25)7-3-2-4-8-19/h5-6,9-10H,2-4,7-8,11-12H2,1H3,(H,21,26,28). The summed E-state index contributed by atoms with van der Waals surface area (Å²) in [5.41, 5.74) is -0.0149. The molecule has 1 N–H and O–H groups in total. The number of hydrogen-bond acceptors (Lipinski definition) is 7. The Hall–Kier alpha value is -2.75. The van der Waals surface area contributed by atoms with E-state index in [9.17, 15) is 14.4 Å². The van der Waals surface area contributed by atoms with Crippen molar-refractivity contribution in [3.8, 4) is 11.4 Å². The van der Waals surface area contributed by atoms with Gasteiger partial charge in [0.2, 0.25) is 11.8 Å². The van der Waals surface area contributed by atoms with Crippen molar-refractivity contribution in [1.82, 2.24) is 30.0 Å². The smallest absolute Gasteiger partial charge is 0.252 e. The van der Waals surface area contributed by atoms with E-state index in [4.69, 9.17) is 0 Å². The number of aromatic nitrogens is 4. The molecule has 29 heavy (non-hydrogen) atoms. The van der Waals surface area contributed by atoms with Crippen molar-refractivity contribution in [2.24, 2.45) is 7.05 Å². The molecule has 3 amide bonds. The number of hydrogen-bond donors (Lipinski definition) is 1. The largest absolute Gasteiger partial charge is 0.318 e. The molecule has 2 aromatic rings. The monoisotopic (exact) mass is 414 g/mol. The van der Waals surface area contributed by atoms with Crippen LogP contribution in [0.4, 0.5) is 0 Å². The molecule has 2 aliphatic rings. The van der Waals surface area contributed by atoms with E-state index in [1.807, 2.05) is 23.7 Å². The molecule has 3 heterocycles. The lowest BCUT2D eigenvalue weighted by Crippen LogP contribution is -2.69. The Kier molecular flexibility index (Phi) is 5.35. The van der Waals surface area contributed by atoms with Crippen LogP contribution in [0.3, 0.4) is 0 Å². The van der Waals surface area contributed by atoms with Gasteiger partial charge in [-0.1, -0.05) is 31.0 Å². The first-order chi connectivity index (χ1) is 14.0. The van der Waals surface area contributed by atoms with E-state index < -0.39 is 11.4 Å². The van der Waals surface area contributed by atoms with Gasteiger partial charge in [0, 0.05) is 25.0 Å². The Balaban J connectivity index is 1.50. The molecule has 10 heteroatoms. The Morgan fingerprint density at radius 2 is 1.90 bits per heavy atom. The Labute approximate surface area is 172 Å². The first kappa shape index (κ1) is 19.6. The van der Waals surface area contributed by atoms with E-state index >= 15 is 0 Å². The number of imide groups is 1. The predicted molar refractivity (Wildman–Crippen MR) is 106 cm³/mol. The van der Waals surface area contributed by atoms with Crippen LogP contribution in [0.25, 0.3) is 11.4 Å². The Morgan fingerprint density at radius 1 is 1.17 bits per heavy atom. The molecule has 9 nitrogen and oxygen atoms in total. The van der Waals surface area contributed by atoms with Gasteiger partial charge >= 0.3 is 0 Å². The minimum atomic E-state index is -0.897. The fourth-order valence-electron chi connectivity index (χ4n) is 4.06. The van der Waals surface area contributed by atoms with Crippen molar-refractivity contribution in [1.29, 1.82) is 0 Å². The van der Waals surface area contributed by atoms with Gasteiger partial charge < -0.3 is 9.47 Å². The molecule has 1 aliphatic carbocycles. The number of carbonyl (C=O) groups is 3. The van der Waals surface area contributed by atoms with Crippen LogP contribution in [0, 0.1) is 0 Å². The van der Waals surface area contributed by atoms with Gasteiger partial charge in [-0.05, 0) is 25.0 Å². The van der Waals surface area contributed by atoms with Crippen LogP contribution in [0.1, 0.15) is 32.1 Å². The number of pyridine rings is 1.